The van der Waals surface area contributed by atoms with Gasteiger partial charge in [-0.2, -0.15) is 0 Å². The highest BCUT2D eigenvalue weighted by atomic mass is 14.7. The molecular weight excluding hydrogens is 218 g/mol. The van der Waals surface area contributed by atoms with E-state index in [0.29, 0.717) is 0 Å². The van der Waals surface area contributed by atoms with Crippen molar-refractivity contribution in [2.45, 2.75) is 59.3 Å². The van der Waals surface area contributed by atoms with Crippen molar-refractivity contribution in [1.82, 2.24) is 4.98 Å². The Bertz CT molecular complexity index is 574. The summed E-state index contributed by atoms with van der Waals surface area (Å²) in [5.74, 6) is 0. The molecule has 1 heterocycles. The van der Waals surface area contributed by atoms with Crippen molar-refractivity contribution in [1.29, 1.82) is 0 Å². The number of hydrogen-bond donors (Lipinski definition) is 1. The molecule has 0 aliphatic rings. The molecule has 1 aromatic heterocycles. The molecule has 1 N–H and O–H groups in total. The normalized spacial score (nSPS) is 13.3. The summed E-state index contributed by atoms with van der Waals surface area (Å²) in [7, 11) is 0. The van der Waals surface area contributed by atoms with E-state index in [0.717, 1.165) is 0 Å². The van der Waals surface area contributed by atoms with Gasteiger partial charge in [0, 0.05) is 16.6 Å². The second kappa shape index (κ2) is 3.88. The minimum atomic E-state index is 0.175. The predicted molar refractivity (Wildman–Crippen MR) is 80.4 cm³/mol. The molecule has 0 saturated carbocycles. The molecule has 0 saturated heterocycles. The predicted octanol–water partition coefficient (Wildman–Crippen LogP) is 5.07. The average Bonchev–Trinajstić information content (AvgIpc) is 2.52. The summed E-state index contributed by atoms with van der Waals surface area (Å²) >= 11 is 0. The van der Waals surface area contributed by atoms with Gasteiger partial charge in [0.2, 0.25) is 0 Å². The first kappa shape index (κ1) is 13.2. The van der Waals surface area contributed by atoms with Gasteiger partial charge in [-0.3, -0.25) is 0 Å². The van der Waals surface area contributed by atoms with Gasteiger partial charge in [0.15, 0.2) is 0 Å². The first-order valence-corrected chi connectivity index (χ1v) is 6.73. The number of H-pyrrole nitrogens is 1. The van der Waals surface area contributed by atoms with Crippen LogP contribution in [0, 0.1) is 6.92 Å². The topological polar surface area (TPSA) is 15.8 Å². The standard InChI is InChI=1S/C17H25N/c1-11-8-13-14(17(5,6)7)9-12(16(2,3)4)10-15(13)18-11/h8-10,18H,1-7H3. The van der Waals surface area contributed by atoms with Gasteiger partial charge in [-0.25, -0.2) is 0 Å². The van der Waals surface area contributed by atoms with E-state index in [1.165, 1.54) is 27.7 Å². The van der Waals surface area contributed by atoms with Crippen LogP contribution in [0.5, 0.6) is 0 Å². The Hall–Kier alpha value is -1.24. The lowest BCUT2D eigenvalue weighted by Crippen LogP contribution is -2.16. The first-order chi connectivity index (χ1) is 8.09. The van der Waals surface area contributed by atoms with Crippen LogP contribution in [-0.2, 0) is 10.8 Å². The van der Waals surface area contributed by atoms with Gasteiger partial charge < -0.3 is 4.98 Å². The van der Waals surface area contributed by atoms with Crippen LogP contribution in [0.2, 0.25) is 0 Å². The van der Waals surface area contributed by atoms with Crippen molar-refractivity contribution in [2.75, 3.05) is 0 Å². The van der Waals surface area contributed by atoms with Crippen molar-refractivity contribution < 1.29 is 0 Å². The van der Waals surface area contributed by atoms with Crippen LogP contribution >= 0.6 is 0 Å². The molecule has 0 spiro atoms. The second-order valence-electron chi connectivity index (χ2n) is 7.44. The maximum Gasteiger partial charge on any atom is 0.0461 e. The van der Waals surface area contributed by atoms with Crippen LogP contribution < -0.4 is 0 Å². The Morgan fingerprint density at radius 2 is 1.44 bits per heavy atom. The molecule has 1 aromatic carbocycles. The fraction of sp³-hybridized carbons (Fsp3) is 0.529. The zero-order chi connectivity index (χ0) is 13.7. The Balaban J connectivity index is 2.81. The van der Waals surface area contributed by atoms with Crippen LogP contribution in [0.4, 0.5) is 0 Å². The quantitative estimate of drug-likeness (QED) is 0.665. The molecule has 0 bridgehead atoms. The first-order valence-electron chi connectivity index (χ1n) is 6.73. The lowest BCUT2D eigenvalue weighted by Gasteiger charge is -2.25. The fourth-order valence-corrected chi connectivity index (χ4v) is 2.43. The van der Waals surface area contributed by atoms with Crippen molar-refractivity contribution in [3.63, 3.8) is 0 Å². The van der Waals surface area contributed by atoms with Crippen LogP contribution in [0.25, 0.3) is 10.9 Å². The molecule has 0 unspecified atom stereocenters. The third kappa shape index (κ3) is 2.31. The van der Waals surface area contributed by atoms with Crippen LogP contribution in [0.1, 0.15) is 58.4 Å². The SMILES string of the molecule is Cc1cc2c(C(C)(C)C)cc(C(C)(C)C)cc2[nH]1. The van der Waals surface area contributed by atoms with Gasteiger partial charge >= 0.3 is 0 Å². The summed E-state index contributed by atoms with van der Waals surface area (Å²) in [5, 5.41) is 1.37. The summed E-state index contributed by atoms with van der Waals surface area (Å²) in [5.41, 5.74) is 5.71. The van der Waals surface area contributed by atoms with E-state index in [1.54, 1.807) is 0 Å². The zero-order valence-corrected chi connectivity index (χ0v) is 12.7. The van der Waals surface area contributed by atoms with Gasteiger partial charge in [0.05, 0.1) is 0 Å². The van der Waals surface area contributed by atoms with Gasteiger partial charge in [-0.15, -0.1) is 0 Å². The number of fused-ring (bicyclic) bond motifs is 1. The summed E-state index contributed by atoms with van der Waals surface area (Å²) in [6.45, 7) is 15.8. The summed E-state index contributed by atoms with van der Waals surface area (Å²) in [6, 6.07) is 6.95. The van der Waals surface area contributed by atoms with Crippen LogP contribution in [-0.4, -0.2) is 4.98 Å². The van der Waals surface area contributed by atoms with Crippen molar-refractivity contribution in [2.24, 2.45) is 0 Å². The Kier molecular flexibility index (Phi) is 2.84. The number of benzene rings is 1. The molecule has 2 aromatic rings. The largest absolute Gasteiger partial charge is 0.359 e. The Labute approximate surface area is 111 Å². The summed E-state index contributed by atoms with van der Waals surface area (Å²) in [4.78, 5) is 3.48. The van der Waals surface area contributed by atoms with Crippen molar-refractivity contribution in [3.05, 3.63) is 35.0 Å². The van der Waals surface area contributed by atoms with Crippen molar-refractivity contribution >= 4 is 10.9 Å². The van der Waals surface area contributed by atoms with E-state index in [2.05, 4.69) is 71.6 Å². The molecule has 0 radical (unpaired) electrons. The highest BCUT2D eigenvalue weighted by Crippen LogP contribution is 2.35. The van der Waals surface area contributed by atoms with Crippen LogP contribution in [0.15, 0.2) is 18.2 Å². The van der Waals surface area contributed by atoms with Crippen LogP contribution in [0.3, 0.4) is 0 Å². The zero-order valence-electron chi connectivity index (χ0n) is 12.7. The number of hydrogen-bond acceptors (Lipinski definition) is 0. The molecule has 2 rings (SSSR count). The lowest BCUT2D eigenvalue weighted by molar-refractivity contribution is 0.573. The molecule has 98 valence electrons. The van der Waals surface area contributed by atoms with Gasteiger partial charge in [0.25, 0.3) is 0 Å². The minimum Gasteiger partial charge on any atom is -0.359 e. The van der Waals surface area contributed by atoms with E-state index in [1.807, 2.05) is 0 Å². The maximum atomic E-state index is 3.48. The second-order valence-corrected chi connectivity index (χ2v) is 7.44. The monoisotopic (exact) mass is 243 g/mol. The lowest BCUT2D eigenvalue weighted by atomic mass is 9.79. The highest BCUT2D eigenvalue weighted by Gasteiger charge is 2.22. The number of nitrogens with one attached hydrogen (secondary N) is 1. The van der Waals surface area contributed by atoms with E-state index in [-0.39, 0.29) is 10.8 Å². The molecule has 18 heavy (non-hydrogen) atoms. The highest BCUT2D eigenvalue weighted by molar-refractivity contribution is 5.86. The molecule has 0 amide bonds. The molecule has 1 heteroatoms. The summed E-state index contributed by atoms with van der Waals surface area (Å²) in [6.07, 6.45) is 0. The van der Waals surface area contributed by atoms with Gasteiger partial charge in [-0.05, 0) is 41.0 Å². The molecule has 0 aliphatic heterocycles. The third-order valence-corrected chi connectivity index (χ3v) is 3.55. The van der Waals surface area contributed by atoms with Crippen molar-refractivity contribution in [3.8, 4) is 0 Å². The van der Waals surface area contributed by atoms with E-state index < -0.39 is 0 Å². The molecule has 0 aliphatic carbocycles. The number of aromatic nitrogens is 1. The Morgan fingerprint density at radius 1 is 0.833 bits per heavy atom. The smallest absolute Gasteiger partial charge is 0.0461 e. The maximum absolute atomic E-state index is 3.48. The molecule has 0 atom stereocenters. The fourth-order valence-electron chi connectivity index (χ4n) is 2.43. The third-order valence-electron chi connectivity index (χ3n) is 3.55. The minimum absolute atomic E-state index is 0.175. The molecule has 1 nitrogen and oxygen atoms in total. The van der Waals surface area contributed by atoms with E-state index in [4.69, 9.17) is 0 Å². The van der Waals surface area contributed by atoms with E-state index in [9.17, 15) is 0 Å². The molecule has 0 fully saturated rings. The van der Waals surface area contributed by atoms with E-state index >= 15 is 0 Å². The average molecular weight is 243 g/mol. The number of aryl methyl sites for hydroxylation is 1. The number of aromatic amines is 1. The van der Waals surface area contributed by atoms with Gasteiger partial charge in [0.1, 0.15) is 0 Å². The molecular formula is C17H25N. The Morgan fingerprint density at radius 3 is 1.94 bits per heavy atom. The number of rotatable bonds is 0. The summed E-state index contributed by atoms with van der Waals surface area (Å²) < 4.78 is 0. The van der Waals surface area contributed by atoms with Gasteiger partial charge in [-0.1, -0.05) is 47.6 Å².